The number of piperidine rings is 1. The van der Waals surface area contributed by atoms with Crippen molar-refractivity contribution in [1.82, 2.24) is 9.88 Å². The molecule has 36 heavy (non-hydrogen) atoms. The number of benzene rings is 1. The number of nitrogens with one attached hydrogen (secondary N) is 2. The first-order valence-electron chi connectivity index (χ1n) is 11.4. The number of alkyl halides is 3. The van der Waals surface area contributed by atoms with Crippen molar-refractivity contribution in [3.63, 3.8) is 0 Å². The molecule has 2 aliphatic rings. The van der Waals surface area contributed by atoms with Gasteiger partial charge in [0, 0.05) is 55.7 Å². The first kappa shape index (κ1) is 25.7. The van der Waals surface area contributed by atoms with Crippen LogP contribution in [-0.4, -0.2) is 76.0 Å². The number of aliphatic hydroxyl groups is 1. The Kier molecular flexibility index (Phi) is 7.65. The molecular weight excluding hydrogens is 500 g/mol. The molecule has 2 aromatic rings. The van der Waals surface area contributed by atoms with Crippen LogP contribution in [0.1, 0.15) is 29.6 Å². The van der Waals surface area contributed by atoms with Gasteiger partial charge < -0.3 is 35.4 Å². The Morgan fingerprint density at radius 2 is 1.83 bits per heavy atom. The Balaban J connectivity index is 1.49. The van der Waals surface area contributed by atoms with Gasteiger partial charge in [-0.1, -0.05) is 0 Å². The van der Waals surface area contributed by atoms with Gasteiger partial charge in [0.25, 0.3) is 5.91 Å². The Morgan fingerprint density at radius 3 is 2.42 bits per heavy atom. The van der Waals surface area contributed by atoms with Gasteiger partial charge in [0.1, 0.15) is 5.75 Å². The highest BCUT2D eigenvalue weighted by molar-refractivity contribution is 6.20. The van der Waals surface area contributed by atoms with Crippen molar-refractivity contribution in [3.05, 3.63) is 42.1 Å². The molecule has 0 radical (unpaired) electrons. The average Bonchev–Trinajstić information content (AvgIpc) is 3.25. The van der Waals surface area contributed by atoms with Crippen LogP contribution in [0, 0.1) is 0 Å². The van der Waals surface area contributed by atoms with Gasteiger partial charge in [-0.25, -0.2) is 9.78 Å². The lowest BCUT2D eigenvalue weighted by Gasteiger charge is -2.32. The zero-order chi connectivity index (χ0) is 25.9. The summed E-state index contributed by atoms with van der Waals surface area (Å²) in [6.45, 7) is 1.82. The number of nitrogens with zero attached hydrogens (tertiary/aromatic N) is 3. The second-order valence-corrected chi connectivity index (χ2v) is 9.14. The van der Waals surface area contributed by atoms with Crippen LogP contribution < -0.4 is 20.3 Å². The summed E-state index contributed by atoms with van der Waals surface area (Å²) in [7, 11) is 0. The molecule has 0 bridgehead atoms. The first-order valence-corrected chi connectivity index (χ1v) is 11.8. The molecule has 0 aliphatic carbocycles. The molecule has 0 spiro atoms. The number of hydrogen-bond donors (Lipinski definition) is 4. The minimum atomic E-state index is -3.84. The Morgan fingerprint density at radius 1 is 1.14 bits per heavy atom. The molecule has 10 nitrogen and oxygen atoms in total. The predicted molar refractivity (Wildman–Crippen MR) is 129 cm³/mol. The lowest BCUT2D eigenvalue weighted by Crippen LogP contribution is -2.42. The smallest absolute Gasteiger partial charge is 0.465 e. The molecule has 1 atom stereocenters. The van der Waals surface area contributed by atoms with Crippen LogP contribution in [0.25, 0.3) is 0 Å². The van der Waals surface area contributed by atoms with Crippen molar-refractivity contribution in [3.8, 4) is 5.75 Å². The summed E-state index contributed by atoms with van der Waals surface area (Å²) < 4.78 is 29.8. The zero-order valence-corrected chi connectivity index (χ0v) is 19.9. The van der Waals surface area contributed by atoms with Crippen LogP contribution in [-0.2, 0) is 0 Å². The van der Waals surface area contributed by atoms with Crippen molar-refractivity contribution >= 4 is 40.8 Å². The summed E-state index contributed by atoms with van der Waals surface area (Å²) >= 11 is 4.76. The number of aromatic nitrogens is 1. The molecule has 4 rings (SSSR count). The lowest BCUT2D eigenvalue weighted by atomic mass is 10.0. The van der Waals surface area contributed by atoms with Crippen LogP contribution in [0.4, 0.5) is 30.8 Å². The van der Waals surface area contributed by atoms with Crippen LogP contribution >= 0.6 is 11.6 Å². The van der Waals surface area contributed by atoms with E-state index in [0.717, 1.165) is 0 Å². The van der Waals surface area contributed by atoms with E-state index in [1.165, 1.54) is 35.4 Å². The average molecular weight is 526 g/mol. The second kappa shape index (κ2) is 10.7. The fourth-order valence-electron chi connectivity index (χ4n) is 4.25. The quantitative estimate of drug-likeness (QED) is 0.404. The molecule has 3 heterocycles. The molecule has 2 aliphatic heterocycles. The Labute approximate surface area is 210 Å². The lowest BCUT2D eigenvalue weighted by molar-refractivity contribution is -0.0964. The maximum absolute atomic E-state index is 12.9. The number of likely N-dealkylation sites (tertiary alicyclic amines) is 1. The van der Waals surface area contributed by atoms with Gasteiger partial charge in [0.05, 0.1) is 17.4 Å². The number of aliphatic hydroxyl groups excluding tert-OH is 1. The van der Waals surface area contributed by atoms with E-state index >= 15 is 0 Å². The van der Waals surface area contributed by atoms with Crippen molar-refractivity contribution in [1.29, 1.82) is 0 Å². The van der Waals surface area contributed by atoms with E-state index in [0.29, 0.717) is 62.6 Å². The molecule has 13 heteroatoms. The number of ether oxygens (including phenoxy) is 1. The van der Waals surface area contributed by atoms with Gasteiger partial charge >= 0.3 is 11.7 Å². The fraction of sp³-hybridized carbons (Fsp3) is 0.435. The summed E-state index contributed by atoms with van der Waals surface area (Å²) in [5.74, 6) is -0.0184. The van der Waals surface area contributed by atoms with Gasteiger partial charge in [0.15, 0.2) is 5.82 Å². The third-order valence-corrected chi connectivity index (χ3v) is 6.14. The molecule has 1 aromatic heterocycles. The normalized spacial score (nSPS) is 18.7. The summed E-state index contributed by atoms with van der Waals surface area (Å²) in [5.41, 5.74) is -2.61. The summed E-state index contributed by atoms with van der Waals surface area (Å²) in [6.07, 6.45) is 1.82. The Hall–Kier alpha value is -3.38. The van der Waals surface area contributed by atoms with Crippen LogP contribution in [0.2, 0.25) is 0 Å². The van der Waals surface area contributed by atoms with E-state index < -0.39 is 23.7 Å². The number of pyridine rings is 1. The van der Waals surface area contributed by atoms with E-state index in [4.69, 9.17) is 11.6 Å². The molecule has 1 aromatic carbocycles. The number of rotatable bonds is 7. The number of carbonyl (C=O) groups is 2. The van der Waals surface area contributed by atoms with Crippen molar-refractivity contribution in [2.45, 2.75) is 37.0 Å². The first-order chi connectivity index (χ1) is 17.1. The van der Waals surface area contributed by atoms with E-state index in [1.54, 1.807) is 6.07 Å². The fourth-order valence-corrected chi connectivity index (χ4v) is 4.34. The zero-order valence-electron chi connectivity index (χ0n) is 19.2. The molecule has 2 saturated heterocycles. The predicted octanol–water partition coefficient (Wildman–Crippen LogP) is 3.63. The molecule has 4 N–H and O–H groups in total. The van der Waals surface area contributed by atoms with Gasteiger partial charge in [-0.2, -0.15) is 0 Å². The van der Waals surface area contributed by atoms with Gasteiger partial charge in [-0.3, -0.25) is 4.79 Å². The second-order valence-electron chi connectivity index (χ2n) is 8.70. The molecule has 0 saturated carbocycles. The minimum Gasteiger partial charge on any atom is -0.465 e. The number of amides is 2. The highest BCUT2D eigenvalue weighted by Crippen LogP contribution is 2.30. The van der Waals surface area contributed by atoms with Gasteiger partial charge in [-0.05, 0) is 49.6 Å². The number of carboxylic acid groups (broad SMARTS) is 1. The number of hydrogen-bond acceptors (Lipinski definition) is 7. The van der Waals surface area contributed by atoms with Crippen molar-refractivity contribution < 1.29 is 33.3 Å². The van der Waals surface area contributed by atoms with E-state index in [-0.39, 0.29) is 17.4 Å². The van der Waals surface area contributed by atoms with Crippen LogP contribution in [0.3, 0.4) is 0 Å². The maximum Gasteiger partial charge on any atom is 0.487 e. The molecule has 0 unspecified atom stereocenters. The summed E-state index contributed by atoms with van der Waals surface area (Å²) in [4.78, 5) is 31.9. The minimum absolute atomic E-state index is 0.0143. The highest BCUT2D eigenvalue weighted by Gasteiger charge is 2.28. The standard InChI is InChI=1S/C23H26ClF2N5O5/c24-23(25,26)36-18-3-1-15(2-4-18)29-21(33)14-11-19(20(27-12-14)31-10-7-17(32)13-31)28-16-5-8-30(9-6-16)22(34)35/h1-4,11-12,16-17,28,32H,5-10,13H2,(H,29,33)(H,34,35)/t17-/m1/s1. The third kappa shape index (κ3) is 6.64. The monoisotopic (exact) mass is 525 g/mol. The number of carbonyl (C=O) groups excluding carboxylic acids is 1. The molecular formula is C23H26ClF2N5O5. The highest BCUT2D eigenvalue weighted by atomic mass is 35.5. The van der Waals surface area contributed by atoms with Crippen molar-refractivity contribution in [2.24, 2.45) is 0 Å². The number of halogens is 3. The maximum atomic E-state index is 12.9. The van der Waals surface area contributed by atoms with E-state index in [1.807, 2.05) is 4.90 Å². The molecule has 194 valence electrons. The summed E-state index contributed by atoms with van der Waals surface area (Å²) in [6, 6.07) is 6.96. The van der Waals surface area contributed by atoms with Gasteiger partial charge in [-0.15, -0.1) is 8.78 Å². The van der Waals surface area contributed by atoms with Crippen LogP contribution in [0.5, 0.6) is 5.75 Å². The van der Waals surface area contributed by atoms with Gasteiger partial charge in [0.2, 0.25) is 0 Å². The number of anilines is 3. The SMILES string of the molecule is O=C(Nc1ccc(OC(F)(F)Cl)cc1)c1cnc(N2CC[C@@H](O)C2)c(NC2CCN(C(=O)O)CC2)c1. The van der Waals surface area contributed by atoms with Crippen LogP contribution in [0.15, 0.2) is 36.5 Å². The molecule has 2 fully saturated rings. The van der Waals surface area contributed by atoms with E-state index in [2.05, 4.69) is 20.4 Å². The number of β-amino-alcohol motifs (C(OH)–C–C–N with tert-alkyl or cyclic N) is 1. The van der Waals surface area contributed by atoms with E-state index in [9.17, 15) is 28.6 Å². The van der Waals surface area contributed by atoms with Crippen molar-refractivity contribution in [2.75, 3.05) is 41.7 Å². The largest absolute Gasteiger partial charge is 0.487 e. The topological polar surface area (TPSA) is 127 Å². The Bertz CT molecular complexity index is 1090. The summed E-state index contributed by atoms with van der Waals surface area (Å²) in [5, 5.41) is 25.2. The third-order valence-electron chi connectivity index (χ3n) is 6.06. The molecule has 2 amide bonds.